The minimum atomic E-state index is -0.357. The van der Waals surface area contributed by atoms with Gasteiger partial charge in [0.2, 0.25) is 0 Å². The van der Waals surface area contributed by atoms with E-state index in [1.807, 2.05) is 36.4 Å². The van der Waals surface area contributed by atoms with Crippen LogP contribution in [0, 0.1) is 24.1 Å². The van der Waals surface area contributed by atoms with E-state index in [1.165, 1.54) is 6.07 Å². The van der Waals surface area contributed by atoms with Crippen molar-refractivity contribution in [2.24, 2.45) is 0 Å². The van der Waals surface area contributed by atoms with E-state index in [-0.39, 0.29) is 5.82 Å². The van der Waals surface area contributed by atoms with Crippen LogP contribution in [-0.4, -0.2) is 0 Å². The van der Waals surface area contributed by atoms with Gasteiger partial charge >= 0.3 is 0 Å². The summed E-state index contributed by atoms with van der Waals surface area (Å²) in [5, 5.41) is 12.0. The molecule has 2 aromatic carbocycles. The first-order valence-electron chi connectivity index (χ1n) is 5.69. The largest absolute Gasteiger partial charge is 0.381 e. The fourth-order valence-corrected chi connectivity index (χ4v) is 1.72. The molecule has 1 N–H and O–H groups in total. The zero-order chi connectivity index (χ0) is 13.0. The van der Waals surface area contributed by atoms with Crippen LogP contribution in [0.4, 0.5) is 10.1 Å². The molecule has 2 aromatic rings. The standard InChI is InChI=1S/C15H13FN2/c1-11-14(16)7-13(9-17)8-15(11)18-10-12-5-3-2-4-6-12/h2-8,18H,10H2,1H3. The van der Waals surface area contributed by atoms with E-state index in [1.54, 1.807) is 13.0 Å². The minimum Gasteiger partial charge on any atom is -0.381 e. The Morgan fingerprint density at radius 2 is 1.94 bits per heavy atom. The van der Waals surface area contributed by atoms with Crippen molar-refractivity contribution >= 4 is 5.69 Å². The van der Waals surface area contributed by atoms with Gasteiger partial charge in [-0.3, -0.25) is 0 Å². The molecule has 0 heterocycles. The highest BCUT2D eigenvalue weighted by atomic mass is 19.1. The quantitative estimate of drug-likeness (QED) is 0.889. The molecule has 0 unspecified atom stereocenters. The molecule has 0 fully saturated rings. The van der Waals surface area contributed by atoms with Crippen molar-refractivity contribution in [2.45, 2.75) is 13.5 Å². The summed E-state index contributed by atoms with van der Waals surface area (Å²) in [7, 11) is 0. The second-order valence-electron chi connectivity index (χ2n) is 4.08. The summed E-state index contributed by atoms with van der Waals surface area (Å²) in [5.74, 6) is -0.357. The van der Waals surface area contributed by atoms with Crippen LogP contribution in [0.1, 0.15) is 16.7 Å². The average Bonchev–Trinajstić information content (AvgIpc) is 2.41. The summed E-state index contributed by atoms with van der Waals surface area (Å²) >= 11 is 0. The summed E-state index contributed by atoms with van der Waals surface area (Å²) in [6.45, 7) is 2.31. The van der Waals surface area contributed by atoms with Crippen LogP contribution in [0.25, 0.3) is 0 Å². The number of nitrogens with one attached hydrogen (secondary N) is 1. The highest BCUT2D eigenvalue weighted by Crippen LogP contribution is 2.21. The van der Waals surface area contributed by atoms with Crippen LogP contribution in [0.15, 0.2) is 42.5 Å². The summed E-state index contributed by atoms with van der Waals surface area (Å²) in [6.07, 6.45) is 0. The van der Waals surface area contributed by atoms with Gasteiger partial charge in [0, 0.05) is 17.8 Å². The molecule has 3 heteroatoms. The lowest BCUT2D eigenvalue weighted by Gasteiger charge is -2.10. The normalized spacial score (nSPS) is 9.83. The second-order valence-corrected chi connectivity index (χ2v) is 4.08. The maximum absolute atomic E-state index is 13.6. The topological polar surface area (TPSA) is 35.8 Å². The van der Waals surface area contributed by atoms with Crippen LogP contribution >= 0.6 is 0 Å². The van der Waals surface area contributed by atoms with Gasteiger partial charge in [-0.2, -0.15) is 5.26 Å². The van der Waals surface area contributed by atoms with Crippen LogP contribution in [-0.2, 0) is 6.54 Å². The molecule has 90 valence electrons. The molecule has 0 aliphatic carbocycles. The van der Waals surface area contributed by atoms with Gasteiger partial charge < -0.3 is 5.32 Å². The van der Waals surface area contributed by atoms with E-state index in [4.69, 9.17) is 5.26 Å². The first-order chi connectivity index (χ1) is 8.70. The van der Waals surface area contributed by atoms with Crippen LogP contribution in [0.3, 0.4) is 0 Å². The molecule has 0 radical (unpaired) electrons. The van der Waals surface area contributed by atoms with Gasteiger partial charge in [-0.05, 0) is 24.6 Å². The number of benzene rings is 2. The van der Waals surface area contributed by atoms with Crippen molar-refractivity contribution < 1.29 is 4.39 Å². The number of nitriles is 1. The Bertz CT molecular complexity index is 585. The lowest BCUT2D eigenvalue weighted by atomic mass is 10.1. The van der Waals surface area contributed by atoms with Gasteiger partial charge in [0.05, 0.1) is 11.6 Å². The van der Waals surface area contributed by atoms with E-state index in [2.05, 4.69) is 5.32 Å². The van der Waals surface area contributed by atoms with Crippen molar-refractivity contribution in [2.75, 3.05) is 5.32 Å². The zero-order valence-corrected chi connectivity index (χ0v) is 10.1. The molecule has 0 bridgehead atoms. The Hall–Kier alpha value is -2.34. The molecule has 0 aromatic heterocycles. The van der Waals surface area contributed by atoms with Crippen molar-refractivity contribution in [3.05, 3.63) is 65.0 Å². The van der Waals surface area contributed by atoms with Gasteiger partial charge in [0.25, 0.3) is 0 Å². The van der Waals surface area contributed by atoms with Crippen molar-refractivity contribution in [1.82, 2.24) is 0 Å². The molecule has 2 rings (SSSR count). The average molecular weight is 240 g/mol. The summed E-state index contributed by atoms with van der Waals surface area (Å²) in [6, 6.07) is 14.7. The Labute approximate surface area is 106 Å². The maximum Gasteiger partial charge on any atom is 0.129 e. The fraction of sp³-hybridized carbons (Fsp3) is 0.133. The van der Waals surface area contributed by atoms with Gasteiger partial charge in [-0.1, -0.05) is 30.3 Å². The summed E-state index contributed by atoms with van der Waals surface area (Å²) < 4.78 is 13.6. The van der Waals surface area contributed by atoms with E-state index < -0.39 is 0 Å². The molecule has 0 saturated heterocycles. The first-order valence-corrected chi connectivity index (χ1v) is 5.69. The third kappa shape index (κ3) is 2.67. The van der Waals surface area contributed by atoms with Gasteiger partial charge in [-0.25, -0.2) is 4.39 Å². The molecule has 18 heavy (non-hydrogen) atoms. The number of hydrogen-bond acceptors (Lipinski definition) is 2. The minimum absolute atomic E-state index is 0.327. The van der Waals surface area contributed by atoms with Gasteiger partial charge in [-0.15, -0.1) is 0 Å². The second kappa shape index (κ2) is 5.33. The predicted octanol–water partition coefficient (Wildman–Crippen LogP) is 3.62. The third-order valence-corrected chi connectivity index (χ3v) is 2.80. The number of nitrogens with zero attached hydrogens (tertiary/aromatic N) is 1. The molecular formula is C15H13FN2. The fourth-order valence-electron chi connectivity index (χ4n) is 1.72. The number of hydrogen-bond donors (Lipinski definition) is 1. The summed E-state index contributed by atoms with van der Waals surface area (Å²) in [5.41, 5.74) is 2.63. The van der Waals surface area contributed by atoms with Crippen molar-refractivity contribution in [3.8, 4) is 6.07 Å². The van der Waals surface area contributed by atoms with Crippen molar-refractivity contribution in [1.29, 1.82) is 5.26 Å². The Morgan fingerprint density at radius 1 is 1.22 bits per heavy atom. The van der Waals surface area contributed by atoms with E-state index >= 15 is 0 Å². The lowest BCUT2D eigenvalue weighted by molar-refractivity contribution is 0.618. The molecule has 0 amide bonds. The third-order valence-electron chi connectivity index (χ3n) is 2.80. The van der Waals surface area contributed by atoms with Crippen molar-refractivity contribution in [3.63, 3.8) is 0 Å². The van der Waals surface area contributed by atoms with Crippen LogP contribution in [0.5, 0.6) is 0 Å². The Morgan fingerprint density at radius 3 is 2.61 bits per heavy atom. The molecule has 0 saturated carbocycles. The Balaban J connectivity index is 2.19. The van der Waals surface area contributed by atoms with E-state index in [9.17, 15) is 4.39 Å². The van der Waals surface area contributed by atoms with Gasteiger partial charge in [0.15, 0.2) is 0 Å². The summed E-state index contributed by atoms with van der Waals surface area (Å²) in [4.78, 5) is 0. The van der Waals surface area contributed by atoms with Gasteiger partial charge in [0.1, 0.15) is 5.82 Å². The highest BCUT2D eigenvalue weighted by molar-refractivity contribution is 5.56. The molecule has 0 aliphatic heterocycles. The van der Waals surface area contributed by atoms with Crippen LogP contribution < -0.4 is 5.32 Å². The predicted molar refractivity (Wildman–Crippen MR) is 69.6 cm³/mol. The number of halogens is 1. The molecule has 0 spiro atoms. The molecular weight excluding hydrogens is 227 g/mol. The smallest absolute Gasteiger partial charge is 0.129 e. The monoisotopic (exact) mass is 240 g/mol. The number of rotatable bonds is 3. The first kappa shape index (κ1) is 12.1. The maximum atomic E-state index is 13.6. The highest BCUT2D eigenvalue weighted by Gasteiger charge is 2.06. The molecule has 2 nitrogen and oxygen atoms in total. The molecule has 0 atom stereocenters. The lowest BCUT2D eigenvalue weighted by Crippen LogP contribution is -2.02. The molecule has 0 aliphatic rings. The zero-order valence-electron chi connectivity index (χ0n) is 10.1. The Kier molecular flexibility index (Phi) is 3.59. The van der Waals surface area contributed by atoms with Crippen LogP contribution in [0.2, 0.25) is 0 Å². The van der Waals surface area contributed by atoms with E-state index in [0.29, 0.717) is 23.4 Å². The number of anilines is 1. The van der Waals surface area contributed by atoms with E-state index in [0.717, 1.165) is 5.56 Å². The SMILES string of the molecule is Cc1c(F)cc(C#N)cc1NCc1ccccc1.